The van der Waals surface area contributed by atoms with E-state index in [9.17, 15) is 0 Å². The zero-order chi connectivity index (χ0) is 14.7. The highest BCUT2D eigenvalue weighted by Gasteiger charge is 2.11. The molecule has 4 heteroatoms. The molecule has 110 valence electrons. The van der Waals surface area contributed by atoms with Gasteiger partial charge in [-0.2, -0.15) is 0 Å². The van der Waals surface area contributed by atoms with Gasteiger partial charge in [0.15, 0.2) is 0 Å². The minimum atomic E-state index is 0.749. The Labute approximate surface area is 139 Å². The molecule has 3 rings (SSSR count). The third kappa shape index (κ3) is 3.72. The van der Waals surface area contributed by atoms with Gasteiger partial charge >= 0.3 is 0 Å². The fraction of sp³-hybridized carbons (Fsp3) is 0.294. The van der Waals surface area contributed by atoms with Gasteiger partial charge in [0.1, 0.15) is 0 Å². The molecule has 2 nitrogen and oxygen atoms in total. The maximum Gasteiger partial charge on any atom is 0.0551 e. The summed E-state index contributed by atoms with van der Waals surface area (Å²) in [6, 6.07) is 14.7. The topological polar surface area (TPSA) is 15.3 Å². The highest BCUT2D eigenvalue weighted by atomic mass is 79.9. The first-order valence-corrected chi connectivity index (χ1v) is 8.42. The monoisotopic (exact) mass is 364 g/mol. The van der Waals surface area contributed by atoms with E-state index in [0.717, 1.165) is 21.7 Å². The lowest BCUT2D eigenvalue weighted by Crippen LogP contribution is -2.17. The van der Waals surface area contributed by atoms with Crippen molar-refractivity contribution in [2.24, 2.45) is 0 Å². The Morgan fingerprint density at radius 2 is 1.76 bits per heavy atom. The Bertz CT molecular complexity index is 607. The summed E-state index contributed by atoms with van der Waals surface area (Å²) in [5, 5.41) is 4.18. The second-order valence-corrected chi connectivity index (χ2v) is 6.60. The smallest absolute Gasteiger partial charge is 0.0551 e. The Balaban J connectivity index is 1.61. The predicted octanol–water partition coefficient (Wildman–Crippen LogP) is 5.31. The number of hydrogen-bond donors (Lipinski definition) is 1. The lowest BCUT2D eigenvalue weighted by Gasteiger charge is -2.18. The summed E-state index contributed by atoms with van der Waals surface area (Å²) in [6.07, 6.45) is 2.62. The van der Waals surface area contributed by atoms with Gasteiger partial charge < -0.3 is 10.2 Å². The van der Waals surface area contributed by atoms with Crippen LogP contribution in [-0.2, 0) is 6.54 Å². The van der Waals surface area contributed by atoms with Crippen LogP contribution >= 0.6 is 27.5 Å². The molecule has 0 spiro atoms. The van der Waals surface area contributed by atoms with Crippen LogP contribution in [0.5, 0.6) is 0 Å². The van der Waals surface area contributed by atoms with Crippen molar-refractivity contribution in [3.63, 3.8) is 0 Å². The maximum absolute atomic E-state index is 6.11. The molecule has 1 fully saturated rings. The molecule has 0 aromatic heterocycles. The molecule has 0 unspecified atom stereocenters. The Morgan fingerprint density at radius 3 is 2.43 bits per heavy atom. The number of benzene rings is 2. The van der Waals surface area contributed by atoms with Crippen LogP contribution in [0.15, 0.2) is 46.9 Å². The predicted molar refractivity (Wildman–Crippen MR) is 94.4 cm³/mol. The van der Waals surface area contributed by atoms with Crippen molar-refractivity contribution in [2.75, 3.05) is 23.3 Å². The van der Waals surface area contributed by atoms with E-state index in [4.69, 9.17) is 11.6 Å². The van der Waals surface area contributed by atoms with Gasteiger partial charge in [-0.1, -0.05) is 17.7 Å². The lowest BCUT2D eigenvalue weighted by atomic mass is 10.2. The minimum Gasteiger partial charge on any atom is -0.381 e. The summed E-state index contributed by atoms with van der Waals surface area (Å²) in [5.74, 6) is 0. The summed E-state index contributed by atoms with van der Waals surface area (Å²) in [5.41, 5.74) is 3.63. The van der Waals surface area contributed by atoms with Crippen molar-refractivity contribution < 1.29 is 0 Å². The van der Waals surface area contributed by atoms with Crippen molar-refractivity contribution in [3.8, 4) is 0 Å². The molecule has 0 aliphatic carbocycles. The molecule has 2 aromatic rings. The zero-order valence-corrected chi connectivity index (χ0v) is 14.1. The van der Waals surface area contributed by atoms with Gasteiger partial charge in [0.25, 0.3) is 0 Å². The van der Waals surface area contributed by atoms with Gasteiger partial charge in [-0.25, -0.2) is 0 Å². The fourth-order valence-corrected chi connectivity index (χ4v) is 3.07. The molecule has 1 aliphatic rings. The van der Waals surface area contributed by atoms with Crippen LogP contribution in [0.2, 0.25) is 5.02 Å². The molecule has 0 amide bonds. The van der Waals surface area contributed by atoms with E-state index in [0.29, 0.717) is 0 Å². The number of nitrogens with one attached hydrogen (secondary N) is 1. The van der Waals surface area contributed by atoms with Crippen LogP contribution < -0.4 is 10.2 Å². The first kappa shape index (κ1) is 14.7. The molecule has 1 aliphatic heterocycles. The van der Waals surface area contributed by atoms with E-state index in [2.05, 4.69) is 56.5 Å². The Hall–Kier alpha value is -1.19. The molecule has 0 bridgehead atoms. The standard InChI is InChI=1S/C17H18BrClN2/c18-16-8-3-13(11-17(16)19)12-20-14-4-6-15(7-5-14)21-9-1-2-10-21/h3-8,11,20H,1-2,9-10,12H2. The maximum atomic E-state index is 6.11. The normalized spacial score (nSPS) is 14.5. The number of rotatable bonds is 4. The van der Waals surface area contributed by atoms with E-state index < -0.39 is 0 Å². The average Bonchev–Trinajstić information content (AvgIpc) is 3.03. The van der Waals surface area contributed by atoms with Gasteiger partial charge in [0, 0.05) is 35.5 Å². The van der Waals surface area contributed by atoms with E-state index in [1.807, 2.05) is 12.1 Å². The molecule has 1 saturated heterocycles. The van der Waals surface area contributed by atoms with Crippen molar-refractivity contribution in [1.29, 1.82) is 0 Å². The SMILES string of the molecule is Clc1cc(CNc2ccc(N3CCCC3)cc2)ccc1Br. The Morgan fingerprint density at radius 1 is 1.05 bits per heavy atom. The van der Waals surface area contributed by atoms with Crippen LogP contribution in [0.25, 0.3) is 0 Å². The molecular weight excluding hydrogens is 348 g/mol. The summed E-state index contributed by atoms with van der Waals surface area (Å²) in [6.45, 7) is 3.14. The van der Waals surface area contributed by atoms with Gasteiger partial charge in [-0.3, -0.25) is 0 Å². The highest BCUT2D eigenvalue weighted by Crippen LogP contribution is 2.25. The second kappa shape index (κ2) is 6.71. The van der Waals surface area contributed by atoms with Gasteiger partial charge in [-0.15, -0.1) is 0 Å². The van der Waals surface area contributed by atoms with Gasteiger partial charge in [-0.05, 0) is 70.7 Å². The van der Waals surface area contributed by atoms with Crippen LogP contribution in [0, 0.1) is 0 Å². The van der Waals surface area contributed by atoms with Crippen LogP contribution in [0.1, 0.15) is 18.4 Å². The molecular formula is C17H18BrClN2. The van der Waals surface area contributed by atoms with Crippen LogP contribution in [0.3, 0.4) is 0 Å². The molecule has 0 atom stereocenters. The quantitative estimate of drug-likeness (QED) is 0.789. The van der Waals surface area contributed by atoms with E-state index >= 15 is 0 Å². The summed E-state index contributed by atoms with van der Waals surface area (Å²) in [7, 11) is 0. The van der Waals surface area contributed by atoms with Crippen molar-refractivity contribution in [3.05, 3.63) is 57.5 Å². The van der Waals surface area contributed by atoms with E-state index in [-0.39, 0.29) is 0 Å². The third-order valence-corrected chi connectivity index (χ3v) is 5.05. The number of nitrogens with zero attached hydrogens (tertiary/aromatic N) is 1. The molecule has 0 radical (unpaired) electrons. The summed E-state index contributed by atoms with van der Waals surface area (Å²) < 4.78 is 0.933. The third-order valence-electron chi connectivity index (χ3n) is 3.82. The van der Waals surface area contributed by atoms with E-state index in [1.165, 1.54) is 37.2 Å². The van der Waals surface area contributed by atoms with Crippen molar-refractivity contribution in [2.45, 2.75) is 19.4 Å². The molecule has 2 aromatic carbocycles. The van der Waals surface area contributed by atoms with Crippen molar-refractivity contribution >= 4 is 38.9 Å². The molecule has 1 heterocycles. The van der Waals surface area contributed by atoms with Gasteiger partial charge in [0.2, 0.25) is 0 Å². The average molecular weight is 366 g/mol. The van der Waals surface area contributed by atoms with Crippen molar-refractivity contribution in [1.82, 2.24) is 0 Å². The molecule has 21 heavy (non-hydrogen) atoms. The second-order valence-electron chi connectivity index (χ2n) is 5.34. The first-order chi connectivity index (χ1) is 10.2. The summed E-state index contributed by atoms with van der Waals surface area (Å²) in [4.78, 5) is 2.44. The zero-order valence-electron chi connectivity index (χ0n) is 11.8. The largest absolute Gasteiger partial charge is 0.381 e. The van der Waals surface area contributed by atoms with Crippen LogP contribution in [0.4, 0.5) is 11.4 Å². The first-order valence-electron chi connectivity index (χ1n) is 7.25. The number of hydrogen-bond acceptors (Lipinski definition) is 2. The molecule has 1 N–H and O–H groups in total. The molecule has 0 saturated carbocycles. The lowest BCUT2D eigenvalue weighted by molar-refractivity contribution is 0.949. The number of anilines is 2. The van der Waals surface area contributed by atoms with Gasteiger partial charge in [0.05, 0.1) is 5.02 Å². The van der Waals surface area contributed by atoms with E-state index in [1.54, 1.807) is 0 Å². The Kier molecular flexibility index (Phi) is 4.71. The summed E-state index contributed by atoms with van der Waals surface area (Å²) >= 11 is 9.52. The van der Waals surface area contributed by atoms with Crippen LogP contribution in [-0.4, -0.2) is 13.1 Å². The minimum absolute atomic E-state index is 0.749. The number of halogens is 2. The highest BCUT2D eigenvalue weighted by molar-refractivity contribution is 9.10. The fourth-order valence-electron chi connectivity index (χ4n) is 2.62.